The summed E-state index contributed by atoms with van der Waals surface area (Å²) >= 11 is 0. The fraction of sp³-hybridized carbons (Fsp3) is 0.227. The largest absolute Gasteiger partial charge is 0.350 e. The van der Waals surface area contributed by atoms with Gasteiger partial charge in [-0.1, -0.05) is 47.1 Å². The Hall–Kier alpha value is -3.41. The van der Waals surface area contributed by atoms with Gasteiger partial charge in [-0.25, -0.2) is 0 Å². The number of carbonyl (C=O) groups is 2. The Bertz CT molecular complexity index is 991. The minimum absolute atomic E-state index is 0.163. The van der Waals surface area contributed by atoms with Gasteiger partial charge in [0.05, 0.1) is 0 Å². The molecule has 142 valence electrons. The molecular formula is C22H21N3O3. The molecule has 0 radical (unpaired) electrons. The van der Waals surface area contributed by atoms with Crippen LogP contribution in [0.4, 0.5) is 5.69 Å². The van der Waals surface area contributed by atoms with E-state index in [1.807, 2.05) is 55.5 Å². The minimum atomic E-state index is -0.315. The quantitative estimate of drug-likeness (QED) is 0.738. The zero-order valence-corrected chi connectivity index (χ0v) is 15.6. The molecule has 3 aromatic rings. The summed E-state index contributed by atoms with van der Waals surface area (Å²) < 4.78 is 5.19. The van der Waals surface area contributed by atoms with Crippen molar-refractivity contribution >= 4 is 17.5 Å². The van der Waals surface area contributed by atoms with Crippen LogP contribution in [0.15, 0.2) is 59.1 Å². The molecule has 6 nitrogen and oxygen atoms in total. The van der Waals surface area contributed by atoms with Gasteiger partial charge in [0.2, 0.25) is 11.7 Å². The van der Waals surface area contributed by atoms with Crippen LogP contribution in [0.3, 0.4) is 0 Å². The summed E-state index contributed by atoms with van der Waals surface area (Å²) in [5, 5.41) is 6.82. The molecule has 4 rings (SSSR count). The molecule has 0 bridgehead atoms. The molecule has 2 amide bonds. The van der Waals surface area contributed by atoms with Gasteiger partial charge in [-0.2, -0.15) is 0 Å². The Morgan fingerprint density at radius 2 is 1.89 bits per heavy atom. The van der Waals surface area contributed by atoms with Crippen LogP contribution in [0, 0.1) is 6.92 Å². The highest BCUT2D eigenvalue weighted by molar-refractivity contribution is 5.95. The van der Waals surface area contributed by atoms with Gasteiger partial charge in [-0.05, 0) is 31.0 Å². The summed E-state index contributed by atoms with van der Waals surface area (Å²) in [5.41, 5.74) is 4.54. The number of hydrogen-bond acceptors (Lipinski definition) is 4. The van der Waals surface area contributed by atoms with Crippen molar-refractivity contribution in [2.75, 3.05) is 11.4 Å². The van der Waals surface area contributed by atoms with Gasteiger partial charge in [-0.3, -0.25) is 9.59 Å². The molecule has 6 heteroatoms. The van der Waals surface area contributed by atoms with Crippen molar-refractivity contribution in [2.45, 2.75) is 26.3 Å². The van der Waals surface area contributed by atoms with Crippen LogP contribution in [-0.4, -0.2) is 23.5 Å². The molecule has 2 heterocycles. The van der Waals surface area contributed by atoms with E-state index < -0.39 is 0 Å². The van der Waals surface area contributed by atoms with E-state index in [9.17, 15) is 9.59 Å². The number of carbonyl (C=O) groups excluding carboxylic acids is 2. The van der Waals surface area contributed by atoms with Crippen LogP contribution in [-0.2, 0) is 11.3 Å². The van der Waals surface area contributed by atoms with Crippen molar-refractivity contribution in [1.29, 1.82) is 0 Å². The lowest BCUT2D eigenvalue weighted by Crippen LogP contribution is -2.24. The van der Waals surface area contributed by atoms with Gasteiger partial charge in [0.15, 0.2) is 0 Å². The molecule has 0 atom stereocenters. The number of amides is 2. The lowest BCUT2D eigenvalue weighted by atomic mass is 10.1. The van der Waals surface area contributed by atoms with E-state index >= 15 is 0 Å². The van der Waals surface area contributed by atoms with Crippen LogP contribution < -0.4 is 10.2 Å². The number of aromatic nitrogens is 1. The molecule has 0 saturated carbocycles. The van der Waals surface area contributed by atoms with Gasteiger partial charge in [0.1, 0.15) is 5.69 Å². The first-order valence-electron chi connectivity index (χ1n) is 9.31. The van der Waals surface area contributed by atoms with E-state index in [0.717, 1.165) is 35.3 Å². The van der Waals surface area contributed by atoms with Crippen LogP contribution >= 0.6 is 0 Å². The van der Waals surface area contributed by atoms with Crippen molar-refractivity contribution in [3.63, 3.8) is 0 Å². The maximum absolute atomic E-state index is 12.3. The summed E-state index contributed by atoms with van der Waals surface area (Å²) in [6.07, 6.45) is 1.51. The Balaban J connectivity index is 1.37. The van der Waals surface area contributed by atoms with Crippen LogP contribution in [0.25, 0.3) is 11.3 Å². The topological polar surface area (TPSA) is 75.4 Å². The monoisotopic (exact) mass is 375 g/mol. The molecule has 1 N–H and O–H groups in total. The Kier molecular flexibility index (Phi) is 4.93. The SMILES string of the molecule is Cc1ccc(-c2cc(C(=O)NCc3ccc(N4CCCC4=O)cc3)on2)cc1. The molecule has 2 aromatic carbocycles. The highest BCUT2D eigenvalue weighted by atomic mass is 16.5. The van der Waals surface area contributed by atoms with E-state index in [0.29, 0.717) is 18.7 Å². The third-order valence-corrected chi connectivity index (χ3v) is 4.86. The third-order valence-electron chi connectivity index (χ3n) is 4.86. The smallest absolute Gasteiger partial charge is 0.290 e. The van der Waals surface area contributed by atoms with Gasteiger partial charge in [0, 0.05) is 36.8 Å². The Labute approximate surface area is 163 Å². The van der Waals surface area contributed by atoms with E-state index in [2.05, 4.69) is 10.5 Å². The van der Waals surface area contributed by atoms with Crippen LogP contribution in [0.5, 0.6) is 0 Å². The third kappa shape index (κ3) is 3.81. The number of nitrogens with zero attached hydrogens (tertiary/aromatic N) is 2. The van der Waals surface area contributed by atoms with Crippen LogP contribution in [0.1, 0.15) is 34.5 Å². The first-order chi connectivity index (χ1) is 13.6. The lowest BCUT2D eigenvalue weighted by Gasteiger charge is -2.15. The van der Waals surface area contributed by atoms with Gasteiger partial charge < -0.3 is 14.7 Å². The number of benzene rings is 2. The molecule has 1 aromatic heterocycles. The molecule has 28 heavy (non-hydrogen) atoms. The van der Waals surface area contributed by atoms with Gasteiger partial charge in [-0.15, -0.1) is 0 Å². The average molecular weight is 375 g/mol. The predicted octanol–water partition coefficient (Wildman–Crippen LogP) is 3.71. The fourth-order valence-corrected chi connectivity index (χ4v) is 3.23. The highest BCUT2D eigenvalue weighted by Gasteiger charge is 2.21. The van der Waals surface area contributed by atoms with E-state index in [1.165, 1.54) is 0 Å². The second-order valence-corrected chi connectivity index (χ2v) is 6.94. The lowest BCUT2D eigenvalue weighted by molar-refractivity contribution is -0.117. The zero-order chi connectivity index (χ0) is 19.5. The highest BCUT2D eigenvalue weighted by Crippen LogP contribution is 2.22. The molecular weight excluding hydrogens is 354 g/mol. The summed E-state index contributed by atoms with van der Waals surface area (Å²) in [4.78, 5) is 25.9. The molecule has 0 unspecified atom stereocenters. The number of aryl methyl sites for hydroxylation is 1. The first kappa shape index (κ1) is 18.0. The second kappa shape index (κ2) is 7.68. The summed E-state index contributed by atoms with van der Waals surface area (Å²) in [5.74, 6) is 0.0234. The van der Waals surface area contributed by atoms with Crippen molar-refractivity contribution in [3.8, 4) is 11.3 Å². The van der Waals surface area contributed by atoms with Crippen molar-refractivity contribution in [3.05, 3.63) is 71.5 Å². The summed E-state index contributed by atoms with van der Waals surface area (Å²) in [6, 6.07) is 17.2. The summed E-state index contributed by atoms with van der Waals surface area (Å²) in [6.45, 7) is 3.15. The Morgan fingerprint density at radius 3 is 2.57 bits per heavy atom. The van der Waals surface area contributed by atoms with E-state index in [-0.39, 0.29) is 17.6 Å². The number of rotatable bonds is 5. The van der Waals surface area contributed by atoms with E-state index in [1.54, 1.807) is 11.0 Å². The average Bonchev–Trinajstić information content (AvgIpc) is 3.37. The maximum Gasteiger partial charge on any atom is 0.290 e. The Morgan fingerprint density at radius 1 is 1.14 bits per heavy atom. The maximum atomic E-state index is 12.3. The molecule has 1 aliphatic rings. The second-order valence-electron chi connectivity index (χ2n) is 6.94. The minimum Gasteiger partial charge on any atom is -0.350 e. The number of hydrogen-bond donors (Lipinski definition) is 1. The number of nitrogens with one attached hydrogen (secondary N) is 1. The van der Waals surface area contributed by atoms with Crippen molar-refractivity contribution in [1.82, 2.24) is 10.5 Å². The molecule has 0 spiro atoms. The summed E-state index contributed by atoms with van der Waals surface area (Å²) in [7, 11) is 0. The zero-order valence-electron chi connectivity index (χ0n) is 15.6. The fourth-order valence-electron chi connectivity index (χ4n) is 3.23. The van der Waals surface area contributed by atoms with Crippen LogP contribution in [0.2, 0.25) is 0 Å². The van der Waals surface area contributed by atoms with Gasteiger partial charge in [0.25, 0.3) is 5.91 Å². The predicted molar refractivity (Wildman–Crippen MR) is 106 cm³/mol. The van der Waals surface area contributed by atoms with E-state index in [4.69, 9.17) is 4.52 Å². The normalized spacial score (nSPS) is 13.8. The molecule has 1 fully saturated rings. The molecule has 1 saturated heterocycles. The standard InChI is InChI=1S/C22H21N3O3/c1-15-4-8-17(9-5-15)19-13-20(28-24-19)22(27)23-14-16-6-10-18(11-7-16)25-12-2-3-21(25)26/h4-11,13H,2-3,12,14H2,1H3,(H,23,27). The van der Waals surface area contributed by atoms with Crippen molar-refractivity contribution in [2.24, 2.45) is 0 Å². The molecule has 0 aliphatic carbocycles. The first-order valence-corrected chi connectivity index (χ1v) is 9.31. The van der Waals surface area contributed by atoms with Gasteiger partial charge >= 0.3 is 0 Å². The molecule has 1 aliphatic heterocycles. The number of anilines is 1. The van der Waals surface area contributed by atoms with Crippen molar-refractivity contribution < 1.29 is 14.1 Å².